The van der Waals surface area contributed by atoms with Crippen molar-refractivity contribution >= 4 is 22.9 Å². The number of nitrogens with two attached hydrogens (primary N) is 1. The number of carbonyl (C=O) groups is 1. The molecule has 6 nitrogen and oxygen atoms in total. The minimum absolute atomic E-state index is 0.228. The Morgan fingerprint density at radius 3 is 2.84 bits per heavy atom. The van der Waals surface area contributed by atoms with E-state index in [2.05, 4.69) is 20.7 Å². The van der Waals surface area contributed by atoms with Gasteiger partial charge in [-0.15, -0.1) is 11.3 Å². The molecule has 7 heteroatoms. The van der Waals surface area contributed by atoms with Gasteiger partial charge in [0.2, 0.25) is 0 Å². The second-order valence-electron chi connectivity index (χ2n) is 4.08. The van der Waals surface area contributed by atoms with Gasteiger partial charge in [-0.25, -0.2) is 4.98 Å². The highest BCUT2D eigenvalue weighted by Gasteiger charge is 2.12. The van der Waals surface area contributed by atoms with Gasteiger partial charge in [-0.05, 0) is 19.9 Å². The summed E-state index contributed by atoms with van der Waals surface area (Å²) in [6, 6.07) is 1.72. The molecule has 2 aromatic heterocycles. The zero-order valence-corrected chi connectivity index (χ0v) is 11.5. The van der Waals surface area contributed by atoms with E-state index in [0.29, 0.717) is 17.8 Å². The minimum atomic E-state index is -0.228. The molecule has 0 radical (unpaired) electrons. The van der Waals surface area contributed by atoms with E-state index in [1.165, 1.54) is 17.5 Å². The summed E-state index contributed by atoms with van der Waals surface area (Å²) in [6.45, 7) is 4.15. The summed E-state index contributed by atoms with van der Waals surface area (Å²) in [4.78, 5) is 20.4. The van der Waals surface area contributed by atoms with Gasteiger partial charge in [-0.2, -0.15) is 0 Å². The van der Waals surface area contributed by atoms with Crippen molar-refractivity contribution in [2.24, 2.45) is 5.84 Å². The van der Waals surface area contributed by atoms with Crippen LogP contribution in [-0.2, 0) is 6.54 Å². The van der Waals surface area contributed by atoms with E-state index in [1.807, 2.05) is 19.2 Å². The van der Waals surface area contributed by atoms with Gasteiger partial charge in [-0.1, -0.05) is 0 Å². The van der Waals surface area contributed by atoms with Crippen LogP contribution in [0.3, 0.4) is 0 Å². The summed E-state index contributed by atoms with van der Waals surface area (Å²) in [5, 5.41) is 5.61. The SMILES string of the molecule is Cc1cc(NN)c(C(=O)NCc2nc(C)cs2)cn1. The molecule has 100 valence electrons. The van der Waals surface area contributed by atoms with Crippen LogP contribution in [0.4, 0.5) is 5.69 Å². The van der Waals surface area contributed by atoms with Crippen LogP contribution in [0.2, 0.25) is 0 Å². The molecule has 2 aromatic rings. The molecule has 0 saturated carbocycles. The van der Waals surface area contributed by atoms with Crippen molar-refractivity contribution in [2.75, 3.05) is 5.43 Å². The van der Waals surface area contributed by atoms with Crippen LogP contribution in [0.15, 0.2) is 17.6 Å². The number of anilines is 1. The molecule has 2 heterocycles. The third-order valence-corrected chi connectivity index (χ3v) is 3.47. The van der Waals surface area contributed by atoms with Gasteiger partial charge in [0.25, 0.3) is 5.91 Å². The Hall–Kier alpha value is -1.99. The highest BCUT2D eigenvalue weighted by atomic mass is 32.1. The number of amides is 1. The van der Waals surface area contributed by atoms with Crippen molar-refractivity contribution in [3.8, 4) is 0 Å². The maximum absolute atomic E-state index is 12.0. The number of pyridine rings is 1. The van der Waals surface area contributed by atoms with Crippen molar-refractivity contribution in [2.45, 2.75) is 20.4 Å². The van der Waals surface area contributed by atoms with Crippen molar-refractivity contribution in [1.29, 1.82) is 0 Å². The fraction of sp³-hybridized carbons (Fsp3) is 0.250. The third-order valence-electron chi connectivity index (χ3n) is 2.51. The first-order valence-electron chi connectivity index (χ1n) is 5.72. The number of nitrogens with one attached hydrogen (secondary N) is 2. The summed E-state index contributed by atoms with van der Waals surface area (Å²) in [7, 11) is 0. The fourth-order valence-electron chi connectivity index (χ4n) is 1.60. The fourth-order valence-corrected chi connectivity index (χ4v) is 2.31. The van der Waals surface area contributed by atoms with Crippen molar-refractivity contribution in [3.05, 3.63) is 39.6 Å². The van der Waals surface area contributed by atoms with Crippen LogP contribution in [0.1, 0.15) is 26.8 Å². The predicted molar refractivity (Wildman–Crippen MR) is 74.8 cm³/mol. The summed E-state index contributed by atoms with van der Waals surface area (Å²) in [6.07, 6.45) is 1.51. The molecule has 0 bridgehead atoms. The summed E-state index contributed by atoms with van der Waals surface area (Å²) >= 11 is 1.52. The molecule has 0 unspecified atom stereocenters. The molecule has 0 aromatic carbocycles. The smallest absolute Gasteiger partial charge is 0.255 e. The molecule has 1 amide bonds. The van der Waals surface area contributed by atoms with Crippen LogP contribution in [-0.4, -0.2) is 15.9 Å². The van der Waals surface area contributed by atoms with Crippen LogP contribution in [0.5, 0.6) is 0 Å². The second-order valence-corrected chi connectivity index (χ2v) is 5.02. The van der Waals surface area contributed by atoms with Gasteiger partial charge >= 0.3 is 0 Å². The first-order chi connectivity index (χ1) is 9.10. The van der Waals surface area contributed by atoms with Crippen LogP contribution in [0.25, 0.3) is 0 Å². The van der Waals surface area contributed by atoms with Gasteiger partial charge in [0.15, 0.2) is 0 Å². The number of hydrazine groups is 1. The molecule has 0 aliphatic heterocycles. The average Bonchev–Trinajstić information content (AvgIpc) is 2.81. The zero-order chi connectivity index (χ0) is 13.8. The van der Waals surface area contributed by atoms with Crippen LogP contribution >= 0.6 is 11.3 Å². The highest BCUT2D eigenvalue weighted by Crippen LogP contribution is 2.15. The molecule has 0 atom stereocenters. The standard InChI is InChI=1S/C12H15N5OS/c1-7-3-10(17-13)9(4-14-7)12(18)15-5-11-16-8(2)6-19-11/h3-4,6H,5,13H2,1-2H3,(H,14,17)(H,15,18). The number of hydrogen-bond acceptors (Lipinski definition) is 6. The summed E-state index contributed by atoms with van der Waals surface area (Å²) < 4.78 is 0. The van der Waals surface area contributed by atoms with Gasteiger partial charge in [0.05, 0.1) is 17.8 Å². The van der Waals surface area contributed by atoms with Gasteiger partial charge < -0.3 is 10.7 Å². The van der Waals surface area contributed by atoms with Gasteiger partial charge in [0.1, 0.15) is 5.01 Å². The Bertz CT molecular complexity index is 596. The Morgan fingerprint density at radius 2 is 2.21 bits per heavy atom. The van der Waals surface area contributed by atoms with E-state index in [9.17, 15) is 4.79 Å². The van der Waals surface area contributed by atoms with E-state index < -0.39 is 0 Å². The summed E-state index contributed by atoms with van der Waals surface area (Å²) in [5.41, 5.74) is 5.23. The largest absolute Gasteiger partial charge is 0.345 e. The van der Waals surface area contributed by atoms with E-state index in [-0.39, 0.29) is 5.91 Å². The molecule has 4 N–H and O–H groups in total. The number of nitrogen functional groups attached to an aromatic ring is 1. The van der Waals surface area contributed by atoms with Gasteiger partial charge in [0, 0.05) is 23.0 Å². The van der Waals surface area contributed by atoms with Crippen LogP contribution in [0, 0.1) is 13.8 Å². The molecule has 0 spiro atoms. The van der Waals surface area contributed by atoms with E-state index in [1.54, 1.807) is 6.07 Å². The van der Waals surface area contributed by atoms with Crippen LogP contribution < -0.4 is 16.6 Å². The highest BCUT2D eigenvalue weighted by molar-refractivity contribution is 7.09. The maximum atomic E-state index is 12.0. The lowest BCUT2D eigenvalue weighted by molar-refractivity contribution is 0.0951. The quantitative estimate of drug-likeness (QED) is 0.580. The number of nitrogens with zero attached hydrogens (tertiary/aromatic N) is 2. The minimum Gasteiger partial charge on any atom is -0.345 e. The Kier molecular flexibility index (Phi) is 4.08. The number of aryl methyl sites for hydroxylation is 2. The number of thiazole rings is 1. The molecule has 0 saturated heterocycles. The van der Waals surface area contributed by atoms with Crippen molar-refractivity contribution in [1.82, 2.24) is 15.3 Å². The molecule has 2 rings (SSSR count). The number of aromatic nitrogens is 2. The monoisotopic (exact) mass is 277 g/mol. The number of rotatable bonds is 4. The molecule has 19 heavy (non-hydrogen) atoms. The van der Waals surface area contributed by atoms with E-state index in [4.69, 9.17) is 5.84 Å². The molecule has 0 fully saturated rings. The molecule has 0 aliphatic rings. The molecule has 0 aliphatic carbocycles. The van der Waals surface area contributed by atoms with Crippen molar-refractivity contribution in [3.63, 3.8) is 0 Å². The van der Waals surface area contributed by atoms with Gasteiger partial charge in [-0.3, -0.25) is 15.6 Å². The van der Waals surface area contributed by atoms with E-state index in [0.717, 1.165) is 16.4 Å². The van der Waals surface area contributed by atoms with Crippen molar-refractivity contribution < 1.29 is 4.79 Å². The van der Waals surface area contributed by atoms with E-state index >= 15 is 0 Å². The zero-order valence-electron chi connectivity index (χ0n) is 10.7. The molecular weight excluding hydrogens is 262 g/mol. The topological polar surface area (TPSA) is 92.9 Å². The lowest BCUT2D eigenvalue weighted by atomic mass is 10.2. The average molecular weight is 277 g/mol. The number of carbonyl (C=O) groups excluding carboxylic acids is 1. The Labute approximate surface area is 115 Å². The predicted octanol–water partition coefficient (Wildman–Crippen LogP) is 1.37. The first-order valence-corrected chi connectivity index (χ1v) is 6.60. The maximum Gasteiger partial charge on any atom is 0.255 e. The molecular formula is C12H15N5OS. The summed E-state index contributed by atoms with van der Waals surface area (Å²) in [5.74, 6) is 5.17. The third kappa shape index (κ3) is 3.27. The normalized spacial score (nSPS) is 10.3. The first kappa shape index (κ1) is 13.4. The Morgan fingerprint density at radius 1 is 1.42 bits per heavy atom. The lowest BCUT2D eigenvalue weighted by Gasteiger charge is -2.09. The lowest BCUT2D eigenvalue weighted by Crippen LogP contribution is -2.25. The Balaban J connectivity index is 2.07. The number of hydrogen-bond donors (Lipinski definition) is 3. The second kappa shape index (κ2) is 5.77.